The first kappa shape index (κ1) is 26.2. The first-order valence-corrected chi connectivity index (χ1v) is 12.8. The van der Waals surface area contributed by atoms with E-state index in [1.807, 2.05) is 41.8 Å². The van der Waals surface area contributed by atoms with Crippen molar-refractivity contribution < 1.29 is 22.8 Å². The van der Waals surface area contributed by atoms with Crippen LogP contribution in [0.15, 0.2) is 36.7 Å². The number of benzene rings is 1. The molecule has 3 heterocycles. The van der Waals surface area contributed by atoms with Gasteiger partial charge >= 0.3 is 12.2 Å². The van der Waals surface area contributed by atoms with Crippen LogP contribution in [0.4, 0.5) is 23.9 Å². The number of primary amides is 1. The topological polar surface area (TPSA) is 108 Å². The van der Waals surface area contributed by atoms with Crippen molar-refractivity contribution in [3.8, 4) is 0 Å². The number of anilines is 1. The van der Waals surface area contributed by atoms with Crippen molar-refractivity contribution in [2.45, 2.75) is 57.5 Å². The molecule has 1 aromatic carbocycles. The number of nitrogens with one attached hydrogen (secondary N) is 1. The van der Waals surface area contributed by atoms with Crippen molar-refractivity contribution in [2.75, 3.05) is 31.1 Å². The SMILES string of the molecule is C[C@@H]1CN(c2ncc(C(F)(F)F)cn2)C[C@H](C)N1C(=O)NC1CC2(C1)CN(Cc1cccc(C(N)=O)c1)C2. The molecule has 2 saturated heterocycles. The second kappa shape index (κ2) is 9.72. The molecule has 3 fully saturated rings. The number of nitrogens with two attached hydrogens (primary N) is 1. The normalized spacial score (nSPS) is 23.6. The molecule has 2 aliphatic heterocycles. The summed E-state index contributed by atoms with van der Waals surface area (Å²) in [7, 11) is 0. The molecule has 1 aromatic heterocycles. The molecule has 0 bridgehead atoms. The quantitative estimate of drug-likeness (QED) is 0.615. The Morgan fingerprint density at radius 2 is 1.74 bits per heavy atom. The summed E-state index contributed by atoms with van der Waals surface area (Å²) in [5.74, 6) is -0.198. The first-order chi connectivity index (χ1) is 17.9. The number of likely N-dealkylation sites (tertiary alicyclic amines) is 1. The number of amides is 3. The summed E-state index contributed by atoms with van der Waals surface area (Å²) in [5, 5.41) is 3.18. The van der Waals surface area contributed by atoms with Crippen LogP contribution in [0.3, 0.4) is 0 Å². The van der Waals surface area contributed by atoms with Gasteiger partial charge in [-0.3, -0.25) is 9.69 Å². The van der Waals surface area contributed by atoms with Gasteiger partial charge in [0.15, 0.2) is 0 Å². The minimum Gasteiger partial charge on any atom is -0.366 e. The average molecular weight is 532 g/mol. The highest BCUT2D eigenvalue weighted by Gasteiger charge is 2.52. The average Bonchev–Trinajstić information content (AvgIpc) is 2.80. The molecule has 0 radical (unpaired) electrons. The number of aromatic nitrogens is 2. The Hall–Kier alpha value is -3.41. The van der Waals surface area contributed by atoms with Gasteiger partial charge < -0.3 is 20.9 Å². The number of hydrogen-bond acceptors (Lipinski definition) is 6. The third-order valence-corrected chi connectivity index (χ3v) is 7.82. The van der Waals surface area contributed by atoms with Gasteiger partial charge in [-0.15, -0.1) is 0 Å². The van der Waals surface area contributed by atoms with Crippen LogP contribution in [0.25, 0.3) is 0 Å². The van der Waals surface area contributed by atoms with Gasteiger partial charge in [-0.25, -0.2) is 14.8 Å². The fourth-order valence-electron chi connectivity index (χ4n) is 6.21. The number of nitrogens with zero attached hydrogens (tertiary/aromatic N) is 5. The molecular formula is C26H32F3N7O2. The van der Waals surface area contributed by atoms with Gasteiger partial charge in [-0.1, -0.05) is 12.1 Å². The van der Waals surface area contributed by atoms with Crippen molar-refractivity contribution >= 4 is 17.9 Å². The highest BCUT2D eigenvalue weighted by molar-refractivity contribution is 5.92. The molecule has 5 rings (SSSR count). The maximum absolute atomic E-state index is 13.1. The summed E-state index contributed by atoms with van der Waals surface area (Å²) in [5.41, 5.74) is 6.30. The number of piperazine rings is 1. The van der Waals surface area contributed by atoms with Crippen LogP contribution < -0.4 is 16.0 Å². The van der Waals surface area contributed by atoms with Crippen LogP contribution in [0.5, 0.6) is 0 Å². The summed E-state index contributed by atoms with van der Waals surface area (Å²) < 4.78 is 38.5. The van der Waals surface area contributed by atoms with Gasteiger partial charge in [-0.05, 0) is 49.8 Å². The van der Waals surface area contributed by atoms with Crippen molar-refractivity contribution in [2.24, 2.45) is 11.1 Å². The van der Waals surface area contributed by atoms with E-state index in [9.17, 15) is 22.8 Å². The summed E-state index contributed by atoms with van der Waals surface area (Å²) in [6.07, 6.45) is -1.03. The van der Waals surface area contributed by atoms with Gasteiger partial charge in [0.05, 0.1) is 5.56 Å². The van der Waals surface area contributed by atoms with E-state index in [0.717, 1.165) is 50.4 Å². The number of hydrogen-bond donors (Lipinski definition) is 2. The van der Waals surface area contributed by atoms with Crippen molar-refractivity contribution in [1.29, 1.82) is 0 Å². The number of carbonyl (C=O) groups is 2. The Kier molecular flexibility index (Phi) is 6.70. The van der Waals surface area contributed by atoms with E-state index >= 15 is 0 Å². The zero-order valence-electron chi connectivity index (χ0n) is 21.4. The van der Waals surface area contributed by atoms with Crippen molar-refractivity contribution in [1.82, 2.24) is 25.1 Å². The highest BCUT2D eigenvalue weighted by Crippen LogP contribution is 2.48. The number of carbonyl (C=O) groups excluding carboxylic acids is 2. The van der Waals surface area contributed by atoms with Gasteiger partial charge in [0.1, 0.15) is 0 Å². The summed E-state index contributed by atoms with van der Waals surface area (Å²) in [4.78, 5) is 38.3. The van der Waals surface area contributed by atoms with Crippen LogP contribution in [-0.2, 0) is 12.7 Å². The predicted octanol–water partition coefficient (Wildman–Crippen LogP) is 2.87. The molecule has 1 aliphatic carbocycles. The lowest BCUT2D eigenvalue weighted by atomic mass is 9.60. The Morgan fingerprint density at radius 3 is 2.32 bits per heavy atom. The molecule has 0 unspecified atom stereocenters. The van der Waals surface area contributed by atoms with Gasteiger partial charge in [0.2, 0.25) is 11.9 Å². The molecule has 204 valence electrons. The van der Waals surface area contributed by atoms with Crippen LogP contribution in [-0.4, -0.2) is 76.0 Å². The number of urea groups is 1. The van der Waals surface area contributed by atoms with E-state index in [2.05, 4.69) is 20.2 Å². The van der Waals surface area contributed by atoms with Crippen LogP contribution >= 0.6 is 0 Å². The number of alkyl halides is 3. The van der Waals surface area contributed by atoms with E-state index in [1.54, 1.807) is 6.07 Å². The maximum atomic E-state index is 13.1. The van der Waals surface area contributed by atoms with Crippen molar-refractivity contribution in [3.05, 3.63) is 53.3 Å². The van der Waals surface area contributed by atoms with Gasteiger partial charge in [0, 0.05) is 68.8 Å². The largest absolute Gasteiger partial charge is 0.419 e. The molecule has 1 saturated carbocycles. The van der Waals surface area contributed by atoms with Crippen molar-refractivity contribution in [3.63, 3.8) is 0 Å². The molecule has 2 atom stereocenters. The molecule has 12 heteroatoms. The first-order valence-electron chi connectivity index (χ1n) is 12.8. The fourth-order valence-corrected chi connectivity index (χ4v) is 6.21. The second-order valence-corrected chi connectivity index (χ2v) is 11.0. The zero-order valence-corrected chi connectivity index (χ0v) is 21.4. The van der Waals surface area contributed by atoms with E-state index in [0.29, 0.717) is 18.7 Å². The smallest absolute Gasteiger partial charge is 0.366 e. The minimum atomic E-state index is -4.48. The van der Waals surface area contributed by atoms with E-state index in [4.69, 9.17) is 5.73 Å². The fraction of sp³-hybridized carbons (Fsp3) is 0.538. The molecule has 38 heavy (non-hydrogen) atoms. The third kappa shape index (κ3) is 5.27. The third-order valence-electron chi connectivity index (χ3n) is 7.82. The second-order valence-electron chi connectivity index (χ2n) is 11.0. The molecular weight excluding hydrogens is 499 g/mol. The summed E-state index contributed by atoms with van der Waals surface area (Å²) in [6, 6.07) is 7.08. The summed E-state index contributed by atoms with van der Waals surface area (Å²) in [6.45, 7) is 7.39. The molecule has 3 amide bonds. The monoisotopic (exact) mass is 531 g/mol. The van der Waals surface area contributed by atoms with Crippen LogP contribution in [0, 0.1) is 5.41 Å². The van der Waals surface area contributed by atoms with Gasteiger partial charge in [-0.2, -0.15) is 13.2 Å². The minimum absolute atomic E-state index is 0.114. The highest BCUT2D eigenvalue weighted by atomic mass is 19.4. The Labute approximate surface area is 219 Å². The van der Waals surface area contributed by atoms with E-state index < -0.39 is 17.6 Å². The predicted molar refractivity (Wildman–Crippen MR) is 134 cm³/mol. The van der Waals surface area contributed by atoms with E-state index in [1.165, 1.54) is 0 Å². The number of rotatable bonds is 5. The lowest BCUT2D eigenvalue weighted by molar-refractivity contribution is -0.138. The lowest BCUT2D eigenvalue weighted by Gasteiger charge is -2.59. The molecule has 2 aromatic rings. The lowest BCUT2D eigenvalue weighted by Crippen LogP contribution is -2.68. The Morgan fingerprint density at radius 1 is 1.11 bits per heavy atom. The Bertz CT molecular complexity index is 1180. The molecule has 3 N–H and O–H groups in total. The molecule has 1 spiro atoms. The maximum Gasteiger partial charge on any atom is 0.419 e. The van der Waals surface area contributed by atoms with Gasteiger partial charge in [0.25, 0.3) is 0 Å². The molecule has 9 nitrogen and oxygen atoms in total. The van der Waals surface area contributed by atoms with Crippen LogP contribution in [0.1, 0.15) is 48.2 Å². The Balaban J connectivity index is 1.08. The van der Waals surface area contributed by atoms with Crippen LogP contribution in [0.2, 0.25) is 0 Å². The number of halogens is 3. The molecule has 3 aliphatic rings. The zero-order chi connectivity index (χ0) is 27.2. The van der Waals surface area contributed by atoms with E-state index in [-0.39, 0.29) is 35.5 Å². The summed E-state index contributed by atoms with van der Waals surface area (Å²) >= 11 is 0. The standard InChI is InChI=1S/C26H32F3N7O2/c1-16-11-35(23-31-9-20(10-32-23)26(27,28)29)12-17(2)36(16)24(38)33-21-7-25(8-21)14-34(15-25)13-18-4-3-5-19(6-18)22(30)37/h3-6,9-10,16-17,21H,7-8,11-15H2,1-2H3,(H2,30,37)(H,33,38)/t16-,17+.